The zero-order chi connectivity index (χ0) is 17.0. The number of benzene rings is 1. The average Bonchev–Trinajstić information content (AvgIpc) is 2.93. The number of rotatable bonds is 6. The Labute approximate surface area is 137 Å². The number of hydrogen-bond donors (Lipinski definition) is 2. The summed E-state index contributed by atoms with van der Waals surface area (Å²) in [6.07, 6.45) is 6.35. The van der Waals surface area contributed by atoms with Gasteiger partial charge >= 0.3 is 5.97 Å². The summed E-state index contributed by atoms with van der Waals surface area (Å²) in [7, 11) is 0. The quantitative estimate of drug-likeness (QED) is 0.624. The Morgan fingerprint density at radius 3 is 2.78 bits per heavy atom. The molecule has 2 atom stereocenters. The minimum atomic E-state index is -0.959. The summed E-state index contributed by atoms with van der Waals surface area (Å²) in [6, 6.07) is 3.95. The van der Waals surface area contributed by atoms with Gasteiger partial charge < -0.3 is 14.9 Å². The second kappa shape index (κ2) is 7.47. The topological polar surface area (TPSA) is 66.8 Å². The molecule has 0 aromatic heterocycles. The lowest BCUT2D eigenvalue weighted by Crippen LogP contribution is -2.25. The number of fused-ring (bicyclic) bond motifs is 1. The van der Waals surface area contributed by atoms with Gasteiger partial charge in [-0.3, -0.25) is 0 Å². The van der Waals surface area contributed by atoms with Gasteiger partial charge in [0.05, 0.1) is 0 Å². The van der Waals surface area contributed by atoms with Crippen LogP contribution < -0.4 is 4.74 Å². The van der Waals surface area contributed by atoms with Crippen LogP contribution in [-0.2, 0) is 17.6 Å². The summed E-state index contributed by atoms with van der Waals surface area (Å²) in [5.74, 6) is -0.00336. The highest BCUT2D eigenvalue weighted by Crippen LogP contribution is 2.37. The molecule has 1 heterocycles. The van der Waals surface area contributed by atoms with E-state index >= 15 is 0 Å². The third-order valence-corrected chi connectivity index (χ3v) is 4.03. The van der Waals surface area contributed by atoms with Crippen LogP contribution in [0.15, 0.2) is 29.9 Å². The molecule has 124 valence electrons. The van der Waals surface area contributed by atoms with Gasteiger partial charge in [-0.2, -0.15) is 0 Å². The van der Waals surface area contributed by atoms with E-state index in [0.29, 0.717) is 0 Å². The van der Waals surface area contributed by atoms with Crippen LogP contribution in [0.25, 0.3) is 6.08 Å². The molecule has 0 bridgehead atoms. The van der Waals surface area contributed by atoms with Crippen LogP contribution in [0, 0.1) is 5.92 Å². The molecule has 1 aliphatic rings. The van der Waals surface area contributed by atoms with Crippen molar-refractivity contribution in [2.24, 2.45) is 5.92 Å². The van der Waals surface area contributed by atoms with Gasteiger partial charge in [-0.05, 0) is 55.2 Å². The van der Waals surface area contributed by atoms with Gasteiger partial charge in [0.1, 0.15) is 11.9 Å². The molecule has 2 rings (SSSR count). The average molecular weight is 316 g/mol. The van der Waals surface area contributed by atoms with Gasteiger partial charge in [-0.1, -0.05) is 18.6 Å². The van der Waals surface area contributed by atoms with Crippen LogP contribution in [0.2, 0.25) is 0 Å². The molecule has 2 N–H and O–H groups in total. The van der Waals surface area contributed by atoms with E-state index < -0.39 is 5.97 Å². The highest BCUT2D eigenvalue weighted by molar-refractivity contribution is 5.85. The van der Waals surface area contributed by atoms with E-state index in [1.54, 1.807) is 6.08 Å². The van der Waals surface area contributed by atoms with Crippen LogP contribution in [0.1, 0.15) is 37.5 Å². The molecule has 0 fully saturated rings. The minimum Gasteiger partial charge on any atom is -0.489 e. The molecular formula is C19H24O4. The SMILES string of the molecule is CC(C)=CCc1cc(C=CC(=O)O)cc2c1OC(C(C)CO)C2. The fraction of sp³-hybridized carbons (Fsp3) is 0.421. The molecule has 1 aliphatic heterocycles. The Bertz CT molecular complexity index is 639. The molecular weight excluding hydrogens is 292 g/mol. The van der Waals surface area contributed by atoms with Crippen molar-refractivity contribution in [1.82, 2.24) is 0 Å². The third kappa shape index (κ3) is 4.45. The molecule has 0 amide bonds. The lowest BCUT2D eigenvalue weighted by Gasteiger charge is -2.17. The summed E-state index contributed by atoms with van der Waals surface area (Å²) in [5.41, 5.74) is 4.23. The zero-order valence-corrected chi connectivity index (χ0v) is 13.9. The first-order valence-corrected chi connectivity index (χ1v) is 7.88. The van der Waals surface area contributed by atoms with Crippen molar-refractivity contribution in [3.8, 4) is 5.75 Å². The van der Waals surface area contributed by atoms with E-state index in [9.17, 15) is 9.90 Å². The highest BCUT2D eigenvalue weighted by Gasteiger charge is 2.29. The van der Waals surface area contributed by atoms with Gasteiger partial charge in [-0.25, -0.2) is 4.79 Å². The second-order valence-corrected chi connectivity index (χ2v) is 6.35. The largest absolute Gasteiger partial charge is 0.489 e. The summed E-state index contributed by atoms with van der Waals surface area (Å²) >= 11 is 0. The minimum absolute atomic E-state index is 0.0286. The summed E-state index contributed by atoms with van der Waals surface area (Å²) < 4.78 is 6.07. The molecule has 0 saturated carbocycles. The van der Waals surface area contributed by atoms with Gasteiger partial charge in [0.25, 0.3) is 0 Å². The Hall–Kier alpha value is -2.07. The standard InChI is InChI=1S/C19H24O4/c1-12(2)4-6-15-8-14(5-7-18(21)22)9-16-10-17(13(3)11-20)23-19(15)16/h4-5,7-9,13,17,20H,6,10-11H2,1-3H3,(H,21,22). The molecule has 0 spiro atoms. The van der Waals surface area contributed by atoms with Gasteiger partial charge in [0, 0.05) is 25.0 Å². The number of aliphatic hydroxyl groups excluding tert-OH is 1. The maximum atomic E-state index is 10.7. The molecule has 23 heavy (non-hydrogen) atoms. The van der Waals surface area contributed by atoms with Crippen molar-refractivity contribution in [2.45, 2.75) is 39.7 Å². The Morgan fingerprint density at radius 2 is 2.17 bits per heavy atom. The monoisotopic (exact) mass is 316 g/mol. The number of hydrogen-bond acceptors (Lipinski definition) is 3. The molecule has 4 nitrogen and oxygen atoms in total. The maximum absolute atomic E-state index is 10.7. The Balaban J connectivity index is 2.36. The smallest absolute Gasteiger partial charge is 0.328 e. The zero-order valence-electron chi connectivity index (χ0n) is 13.9. The normalized spacial score (nSPS) is 17.7. The van der Waals surface area contributed by atoms with Crippen molar-refractivity contribution in [2.75, 3.05) is 6.61 Å². The van der Waals surface area contributed by atoms with Crippen molar-refractivity contribution >= 4 is 12.0 Å². The summed E-state index contributed by atoms with van der Waals surface area (Å²) in [6.45, 7) is 6.16. The summed E-state index contributed by atoms with van der Waals surface area (Å²) in [5, 5.41) is 18.2. The molecule has 0 aliphatic carbocycles. The summed E-state index contributed by atoms with van der Waals surface area (Å²) in [4.78, 5) is 10.7. The Kier molecular flexibility index (Phi) is 5.61. The van der Waals surface area contributed by atoms with E-state index in [-0.39, 0.29) is 18.6 Å². The number of allylic oxidation sites excluding steroid dienone is 2. The van der Waals surface area contributed by atoms with Crippen molar-refractivity contribution in [1.29, 1.82) is 0 Å². The van der Waals surface area contributed by atoms with Crippen molar-refractivity contribution in [3.63, 3.8) is 0 Å². The second-order valence-electron chi connectivity index (χ2n) is 6.35. The van der Waals surface area contributed by atoms with E-state index in [0.717, 1.165) is 41.4 Å². The molecule has 2 unspecified atom stereocenters. The fourth-order valence-corrected chi connectivity index (χ4v) is 2.66. The molecule has 1 aromatic carbocycles. The highest BCUT2D eigenvalue weighted by atomic mass is 16.5. The molecule has 0 saturated heterocycles. The van der Waals surface area contributed by atoms with E-state index in [1.807, 2.05) is 32.9 Å². The number of aliphatic hydroxyl groups is 1. The van der Waals surface area contributed by atoms with Gasteiger partial charge in [-0.15, -0.1) is 0 Å². The first-order chi connectivity index (χ1) is 10.9. The predicted molar refractivity (Wildman–Crippen MR) is 90.6 cm³/mol. The molecule has 4 heteroatoms. The number of ether oxygens (including phenoxy) is 1. The van der Waals surface area contributed by atoms with E-state index in [1.165, 1.54) is 5.57 Å². The Morgan fingerprint density at radius 1 is 1.43 bits per heavy atom. The van der Waals surface area contributed by atoms with Crippen molar-refractivity contribution in [3.05, 3.63) is 46.5 Å². The first-order valence-electron chi connectivity index (χ1n) is 7.88. The van der Waals surface area contributed by atoms with Gasteiger partial charge in [0.2, 0.25) is 0 Å². The molecule has 0 radical (unpaired) electrons. The number of carbonyl (C=O) groups is 1. The lowest BCUT2D eigenvalue weighted by atomic mass is 9.96. The number of aliphatic carboxylic acids is 1. The van der Waals surface area contributed by atoms with Crippen LogP contribution in [0.4, 0.5) is 0 Å². The first kappa shape index (κ1) is 17.3. The third-order valence-electron chi connectivity index (χ3n) is 4.03. The fourth-order valence-electron chi connectivity index (χ4n) is 2.66. The number of carboxylic acid groups (broad SMARTS) is 1. The predicted octanol–water partition coefficient (Wildman–Crippen LogP) is 3.23. The maximum Gasteiger partial charge on any atom is 0.328 e. The van der Waals surface area contributed by atoms with Gasteiger partial charge in [0.15, 0.2) is 0 Å². The van der Waals surface area contributed by atoms with E-state index in [2.05, 4.69) is 6.08 Å². The van der Waals surface area contributed by atoms with E-state index in [4.69, 9.17) is 9.84 Å². The van der Waals surface area contributed by atoms with Crippen molar-refractivity contribution < 1.29 is 19.7 Å². The van der Waals surface area contributed by atoms with Crippen LogP contribution in [0.3, 0.4) is 0 Å². The van der Waals surface area contributed by atoms with Crippen LogP contribution in [0.5, 0.6) is 5.75 Å². The molecule has 1 aromatic rings. The van der Waals surface area contributed by atoms with Crippen LogP contribution >= 0.6 is 0 Å². The van der Waals surface area contributed by atoms with Crippen LogP contribution in [-0.4, -0.2) is 28.9 Å². The lowest BCUT2D eigenvalue weighted by molar-refractivity contribution is -0.131. The number of carboxylic acids is 1.